The largest absolute Gasteiger partial charge is 0.234 e. The van der Waals surface area contributed by atoms with E-state index in [1.54, 1.807) is 0 Å². The van der Waals surface area contributed by atoms with Crippen LogP contribution in [0.15, 0.2) is 3.92 Å². The third-order valence-corrected chi connectivity index (χ3v) is 4.28. The van der Waals surface area contributed by atoms with Crippen LogP contribution in [0.3, 0.4) is 0 Å². The van der Waals surface area contributed by atoms with E-state index in [0.717, 1.165) is 9.83 Å². The highest BCUT2D eigenvalue weighted by atomic mass is 79.9. The summed E-state index contributed by atoms with van der Waals surface area (Å²) in [7, 11) is 0. The summed E-state index contributed by atoms with van der Waals surface area (Å²) in [6, 6.07) is 0. The molecule has 0 radical (unpaired) electrons. The van der Waals surface area contributed by atoms with Crippen LogP contribution in [0.25, 0.3) is 0 Å². The molecule has 72 valence electrons. The first kappa shape index (κ1) is 9.66. The van der Waals surface area contributed by atoms with Crippen LogP contribution in [0.4, 0.5) is 0 Å². The summed E-state index contributed by atoms with van der Waals surface area (Å²) >= 11 is 5.28. The number of hydrogen-bond donors (Lipinski definition) is 0. The van der Waals surface area contributed by atoms with Crippen molar-refractivity contribution in [1.82, 2.24) is 4.98 Å². The molecule has 1 unspecified atom stereocenters. The number of thiazole rings is 1. The molecule has 0 N–H and O–H groups in total. The van der Waals surface area contributed by atoms with Crippen LogP contribution in [0.2, 0.25) is 0 Å². The Labute approximate surface area is 91.7 Å². The average Bonchev–Trinajstić information content (AvgIpc) is 2.44. The van der Waals surface area contributed by atoms with E-state index in [9.17, 15) is 0 Å². The normalized spacial score (nSPS) is 21.5. The van der Waals surface area contributed by atoms with E-state index in [-0.39, 0.29) is 0 Å². The van der Waals surface area contributed by atoms with Gasteiger partial charge < -0.3 is 0 Å². The number of aromatic nitrogens is 1. The summed E-state index contributed by atoms with van der Waals surface area (Å²) in [6.07, 6.45) is 6.51. The molecule has 1 aromatic heterocycles. The molecule has 2 rings (SSSR count). The monoisotopic (exact) mass is 259 g/mol. The van der Waals surface area contributed by atoms with E-state index in [0.29, 0.717) is 0 Å². The number of rotatable bonds is 2. The van der Waals surface area contributed by atoms with Gasteiger partial charge in [0.1, 0.15) is 0 Å². The van der Waals surface area contributed by atoms with Crippen molar-refractivity contribution in [2.45, 2.75) is 39.0 Å². The standard InChI is InChI=1S/C10H14BrNS/c1-2-3-7-4-5-8-9(6-7)13-10(11)12-8/h7H,2-6H2,1H3. The van der Waals surface area contributed by atoms with E-state index >= 15 is 0 Å². The predicted octanol–water partition coefficient (Wildman–Crippen LogP) is 3.81. The molecule has 0 saturated carbocycles. The highest BCUT2D eigenvalue weighted by molar-refractivity contribution is 9.11. The van der Waals surface area contributed by atoms with Crippen molar-refractivity contribution in [2.24, 2.45) is 5.92 Å². The maximum atomic E-state index is 4.48. The lowest BCUT2D eigenvalue weighted by molar-refractivity contribution is 0.423. The molecule has 1 aromatic rings. The first-order chi connectivity index (χ1) is 6.29. The fourth-order valence-electron chi connectivity index (χ4n) is 2.07. The Morgan fingerprint density at radius 3 is 3.23 bits per heavy atom. The Morgan fingerprint density at radius 1 is 1.62 bits per heavy atom. The molecule has 1 atom stereocenters. The minimum Gasteiger partial charge on any atom is -0.234 e. The number of hydrogen-bond acceptors (Lipinski definition) is 2. The molecular weight excluding hydrogens is 246 g/mol. The molecule has 0 aromatic carbocycles. The second kappa shape index (κ2) is 4.09. The zero-order valence-electron chi connectivity index (χ0n) is 7.85. The van der Waals surface area contributed by atoms with E-state index in [1.165, 1.54) is 42.7 Å². The molecule has 0 fully saturated rings. The molecule has 13 heavy (non-hydrogen) atoms. The number of aryl methyl sites for hydroxylation is 1. The van der Waals surface area contributed by atoms with Gasteiger partial charge in [-0.15, -0.1) is 11.3 Å². The lowest BCUT2D eigenvalue weighted by Crippen LogP contribution is -2.12. The van der Waals surface area contributed by atoms with Gasteiger partial charge in [-0.1, -0.05) is 19.8 Å². The predicted molar refractivity (Wildman–Crippen MR) is 60.2 cm³/mol. The number of nitrogens with zero attached hydrogens (tertiary/aromatic N) is 1. The van der Waals surface area contributed by atoms with Gasteiger partial charge in [-0.05, 0) is 41.1 Å². The van der Waals surface area contributed by atoms with Crippen molar-refractivity contribution >= 4 is 27.3 Å². The average molecular weight is 260 g/mol. The molecule has 1 nitrogen and oxygen atoms in total. The van der Waals surface area contributed by atoms with Gasteiger partial charge in [0, 0.05) is 4.88 Å². The Balaban J connectivity index is 2.10. The molecule has 1 heterocycles. The topological polar surface area (TPSA) is 12.9 Å². The van der Waals surface area contributed by atoms with Gasteiger partial charge in [-0.2, -0.15) is 0 Å². The highest BCUT2D eigenvalue weighted by Gasteiger charge is 2.21. The van der Waals surface area contributed by atoms with E-state index in [4.69, 9.17) is 0 Å². The van der Waals surface area contributed by atoms with Gasteiger partial charge >= 0.3 is 0 Å². The molecule has 0 bridgehead atoms. The fraction of sp³-hybridized carbons (Fsp3) is 0.700. The van der Waals surface area contributed by atoms with Crippen molar-refractivity contribution in [3.8, 4) is 0 Å². The summed E-state index contributed by atoms with van der Waals surface area (Å²) in [4.78, 5) is 6.01. The quantitative estimate of drug-likeness (QED) is 0.787. The van der Waals surface area contributed by atoms with E-state index in [1.807, 2.05) is 11.3 Å². The Kier molecular flexibility index (Phi) is 3.04. The lowest BCUT2D eigenvalue weighted by Gasteiger charge is -2.19. The molecule has 0 spiro atoms. The smallest absolute Gasteiger partial charge is 0.159 e. The van der Waals surface area contributed by atoms with E-state index < -0.39 is 0 Å². The molecule has 3 heteroatoms. The Hall–Kier alpha value is 0.110. The molecule has 0 saturated heterocycles. The lowest BCUT2D eigenvalue weighted by atomic mass is 9.88. The SMILES string of the molecule is CCCC1CCc2nc(Br)sc2C1. The summed E-state index contributed by atoms with van der Waals surface area (Å²) in [5.41, 5.74) is 1.35. The van der Waals surface area contributed by atoms with Crippen LogP contribution in [-0.2, 0) is 12.8 Å². The van der Waals surface area contributed by atoms with Gasteiger partial charge in [0.25, 0.3) is 0 Å². The second-order valence-electron chi connectivity index (χ2n) is 3.73. The van der Waals surface area contributed by atoms with Crippen LogP contribution in [-0.4, -0.2) is 4.98 Å². The number of halogens is 1. The van der Waals surface area contributed by atoms with Crippen molar-refractivity contribution in [3.63, 3.8) is 0 Å². The van der Waals surface area contributed by atoms with Gasteiger partial charge in [0.15, 0.2) is 3.92 Å². The second-order valence-corrected chi connectivity index (χ2v) is 6.09. The maximum absolute atomic E-state index is 4.48. The third kappa shape index (κ3) is 2.13. The minimum absolute atomic E-state index is 0.921. The minimum atomic E-state index is 0.921. The van der Waals surface area contributed by atoms with Crippen LogP contribution in [0, 0.1) is 5.92 Å². The van der Waals surface area contributed by atoms with Gasteiger partial charge in [0.2, 0.25) is 0 Å². The summed E-state index contributed by atoms with van der Waals surface area (Å²) in [5.74, 6) is 0.921. The number of fused-ring (bicyclic) bond motifs is 1. The Morgan fingerprint density at radius 2 is 2.46 bits per heavy atom. The maximum Gasteiger partial charge on any atom is 0.159 e. The molecule has 0 amide bonds. The fourth-order valence-corrected chi connectivity index (χ4v) is 3.81. The van der Waals surface area contributed by atoms with Crippen LogP contribution in [0.5, 0.6) is 0 Å². The summed E-state index contributed by atoms with van der Waals surface area (Å²) in [5, 5.41) is 0. The zero-order valence-corrected chi connectivity index (χ0v) is 10.2. The Bertz CT molecular complexity index is 295. The molecule has 0 aliphatic heterocycles. The van der Waals surface area contributed by atoms with Gasteiger partial charge in [0.05, 0.1) is 5.69 Å². The highest BCUT2D eigenvalue weighted by Crippen LogP contribution is 2.33. The van der Waals surface area contributed by atoms with Gasteiger partial charge in [-0.3, -0.25) is 0 Å². The summed E-state index contributed by atoms with van der Waals surface area (Å²) in [6.45, 7) is 2.28. The molecular formula is C10H14BrNS. The van der Waals surface area contributed by atoms with Crippen molar-refractivity contribution in [2.75, 3.05) is 0 Å². The van der Waals surface area contributed by atoms with Crippen LogP contribution >= 0.6 is 27.3 Å². The molecule has 1 aliphatic carbocycles. The molecule has 1 aliphatic rings. The van der Waals surface area contributed by atoms with E-state index in [2.05, 4.69) is 27.8 Å². The van der Waals surface area contributed by atoms with Gasteiger partial charge in [-0.25, -0.2) is 4.98 Å². The van der Waals surface area contributed by atoms with Crippen molar-refractivity contribution < 1.29 is 0 Å². The summed E-state index contributed by atoms with van der Waals surface area (Å²) < 4.78 is 1.06. The third-order valence-electron chi connectivity index (χ3n) is 2.71. The van der Waals surface area contributed by atoms with Crippen molar-refractivity contribution in [3.05, 3.63) is 14.5 Å². The van der Waals surface area contributed by atoms with Crippen molar-refractivity contribution in [1.29, 1.82) is 0 Å². The first-order valence-electron chi connectivity index (χ1n) is 4.93. The van der Waals surface area contributed by atoms with Crippen LogP contribution in [0.1, 0.15) is 36.8 Å². The first-order valence-corrected chi connectivity index (χ1v) is 6.54. The van der Waals surface area contributed by atoms with Crippen LogP contribution < -0.4 is 0 Å². The zero-order chi connectivity index (χ0) is 9.26.